The Morgan fingerprint density at radius 1 is 1.67 bits per heavy atom. The lowest BCUT2D eigenvalue weighted by molar-refractivity contribution is 0.193. The second kappa shape index (κ2) is 6.08. The number of carbonyl (C=O) groups is 1. The van der Waals surface area contributed by atoms with Gasteiger partial charge in [0.05, 0.1) is 6.61 Å². The van der Waals surface area contributed by atoms with Crippen molar-refractivity contribution in [3.05, 3.63) is 23.5 Å². The van der Waals surface area contributed by atoms with Crippen LogP contribution < -0.4 is 10.1 Å². The quantitative estimate of drug-likeness (QED) is 0.597. The molecule has 0 aliphatic rings. The summed E-state index contributed by atoms with van der Waals surface area (Å²) in [6.07, 6.45) is 1.13. The van der Waals surface area contributed by atoms with E-state index < -0.39 is 6.09 Å². The van der Waals surface area contributed by atoms with Crippen molar-refractivity contribution in [3.63, 3.8) is 0 Å². The predicted molar refractivity (Wildman–Crippen MR) is 55.4 cm³/mol. The first-order valence-corrected chi connectivity index (χ1v) is 4.77. The zero-order valence-electron chi connectivity index (χ0n) is 7.94. The van der Waals surface area contributed by atoms with Gasteiger partial charge in [-0.25, -0.2) is 9.78 Å². The van der Waals surface area contributed by atoms with Gasteiger partial charge in [-0.1, -0.05) is 11.6 Å². The maximum atomic E-state index is 10.1. The van der Waals surface area contributed by atoms with Crippen LogP contribution in [-0.2, 0) is 0 Å². The number of amides is 1. The molecule has 0 aliphatic carbocycles. The number of rotatable bonds is 5. The Hall–Kier alpha value is -1.49. The maximum absolute atomic E-state index is 10.1. The minimum Gasteiger partial charge on any atom is -0.493 e. The van der Waals surface area contributed by atoms with Gasteiger partial charge in [-0.05, 0) is 12.5 Å². The number of hydrogen-bond donors (Lipinski definition) is 2. The van der Waals surface area contributed by atoms with E-state index in [2.05, 4.69) is 10.3 Å². The summed E-state index contributed by atoms with van der Waals surface area (Å²) in [6, 6.07) is 3.29. The lowest BCUT2D eigenvalue weighted by Crippen LogP contribution is -2.23. The van der Waals surface area contributed by atoms with E-state index in [1.54, 1.807) is 18.3 Å². The molecule has 0 unspecified atom stereocenters. The third-order valence-electron chi connectivity index (χ3n) is 1.56. The van der Waals surface area contributed by atoms with E-state index in [0.29, 0.717) is 30.5 Å². The third kappa shape index (κ3) is 5.07. The van der Waals surface area contributed by atoms with E-state index in [4.69, 9.17) is 21.4 Å². The third-order valence-corrected chi connectivity index (χ3v) is 1.77. The summed E-state index contributed by atoms with van der Waals surface area (Å²) in [6.45, 7) is 0.800. The highest BCUT2D eigenvalue weighted by Gasteiger charge is 1.96. The first-order valence-electron chi connectivity index (χ1n) is 4.39. The number of ether oxygens (including phenoxy) is 1. The summed E-state index contributed by atoms with van der Waals surface area (Å²) in [7, 11) is 0. The predicted octanol–water partition coefficient (Wildman–Crippen LogP) is 1.77. The van der Waals surface area contributed by atoms with E-state index in [9.17, 15) is 4.79 Å². The second-order valence-corrected chi connectivity index (χ2v) is 3.14. The minimum atomic E-state index is -1.03. The van der Waals surface area contributed by atoms with Crippen LogP contribution in [0.15, 0.2) is 18.3 Å². The molecule has 15 heavy (non-hydrogen) atoms. The molecule has 0 fully saturated rings. The molecule has 0 aliphatic heterocycles. The Balaban J connectivity index is 2.17. The van der Waals surface area contributed by atoms with Crippen molar-refractivity contribution in [2.75, 3.05) is 13.2 Å². The molecule has 6 heteroatoms. The molecular weight excluding hydrogens is 220 g/mol. The number of aromatic nitrogens is 1. The van der Waals surface area contributed by atoms with Crippen molar-refractivity contribution >= 4 is 17.7 Å². The normalized spacial score (nSPS) is 9.67. The van der Waals surface area contributed by atoms with Gasteiger partial charge in [-0.3, -0.25) is 0 Å². The van der Waals surface area contributed by atoms with Crippen molar-refractivity contribution in [1.29, 1.82) is 0 Å². The Kier molecular flexibility index (Phi) is 4.70. The van der Waals surface area contributed by atoms with E-state index in [-0.39, 0.29) is 0 Å². The van der Waals surface area contributed by atoms with Gasteiger partial charge in [-0.2, -0.15) is 0 Å². The van der Waals surface area contributed by atoms with Crippen molar-refractivity contribution in [2.24, 2.45) is 0 Å². The molecule has 1 heterocycles. The van der Waals surface area contributed by atoms with Crippen LogP contribution in [-0.4, -0.2) is 29.3 Å². The lowest BCUT2D eigenvalue weighted by atomic mass is 10.4. The molecule has 0 saturated heterocycles. The van der Waals surface area contributed by atoms with Crippen LogP contribution >= 0.6 is 11.6 Å². The van der Waals surface area contributed by atoms with Gasteiger partial charge in [0.25, 0.3) is 0 Å². The number of carboxylic acid groups (broad SMARTS) is 1. The summed E-state index contributed by atoms with van der Waals surface area (Å²) >= 11 is 5.65. The number of hydrogen-bond acceptors (Lipinski definition) is 3. The van der Waals surface area contributed by atoms with E-state index in [1.165, 1.54) is 0 Å². The Bertz CT molecular complexity index is 333. The molecule has 5 nitrogen and oxygen atoms in total. The summed E-state index contributed by atoms with van der Waals surface area (Å²) in [5, 5.41) is 10.9. The van der Waals surface area contributed by atoms with Crippen molar-refractivity contribution < 1.29 is 14.6 Å². The van der Waals surface area contributed by atoms with Crippen molar-refractivity contribution in [2.45, 2.75) is 6.42 Å². The standard InChI is InChI=1S/C9H11ClN2O3/c10-8-6-7(2-4-11-8)15-5-1-3-12-9(13)14/h2,4,6,12H,1,3,5H2,(H,13,14). The lowest BCUT2D eigenvalue weighted by Gasteiger charge is -2.05. The number of nitrogens with zero attached hydrogens (tertiary/aromatic N) is 1. The van der Waals surface area contributed by atoms with Crippen LogP contribution in [0.1, 0.15) is 6.42 Å². The zero-order chi connectivity index (χ0) is 11.1. The average molecular weight is 231 g/mol. The highest BCUT2D eigenvalue weighted by molar-refractivity contribution is 6.29. The fourth-order valence-corrected chi connectivity index (χ4v) is 1.10. The molecule has 1 aromatic rings. The summed E-state index contributed by atoms with van der Waals surface area (Å²) in [5.41, 5.74) is 0. The Morgan fingerprint density at radius 3 is 3.13 bits per heavy atom. The number of halogens is 1. The van der Waals surface area contributed by atoms with Crippen LogP contribution in [0.25, 0.3) is 0 Å². The van der Waals surface area contributed by atoms with Crippen molar-refractivity contribution in [1.82, 2.24) is 10.3 Å². The minimum absolute atomic E-state index is 0.369. The molecule has 2 N–H and O–H groups in total. The van der Waals surface area contributed by atoms with Crippen LogP contribution in [0.3, 0.4) is 0 Å². The number of pyridine rings is 1. The van der Waals surface area contributed by atoms with Gasteiger partial charge in [0.1, 0.15) is 10.9 Å². The summed E-state index contributed by atoms with van der Waals surface area (Å²) < 4.78 is 5.31. The summed E-state index contributed by atoms with van der Waals surface area (Å²) in [4.78, 5) is 13.9. The first-order chi connectivity index (χ1) is 7.18. The molecule has 0 spiro atoms. The van der Waals surface area contributed by atoms with Crippen LogP contribution in [0.2, 0.25) is 5.15 Å². The maximum Gasteiger partial charge on any atom is 0.404 e. The van der Waals surface area contributed by atoms with Gasteiger partial charge in [-0.15, -0.1) is 0 Å². The molecule has 0 saturated carbocycles. The Labute approximate surface area is 92.0 Å². The largest absolute Gasteiger partial charge is 0.493 e. The molecule has 0 bridgehead atoms. The van der Waals surface area contributed by atoms with Crippen LogP contribution in [0.5, 0.6) is 5.75 Å². The van der Waals surface area contributed by atoms with Gasteiger partial charge in [0.2, 0.25) is 0 Å². The SMILES string of the molecule is O=C(O)NCCCOc1ccnc(Cl)c1. The average Bonchev–Trinajstić information content (AvgIpc) is 2.17. The topological polar surface area (TPSA) is 71.5 Å². The van der Waals surface area contributed by atoms with Gasteiger partial charge >= 0.3 is 6.09 Å². The smallest absolute Gasteiger partial charge is 0.404 e. The second-order valence-electron chi connectivity index (χ2n) is 2.75. The fraction of sp³-hybridized carbons (Fsp3) is 0.333. The van der Waals surface area contributed by atoms with E-state index in [0.717, 1.165) is 0 Å². The molecule has 1 rings (SSSR count). The van der Waals surface area contributed by atoms with Crippen LogP contribution in [0.4, 0.5) is 4.79 Å². The first kappa shape index (κ1) is 11.6. The van der Waals surface area contributed by atoms with Gasteiger partial charge in [0, 0.05) is 18.8 Å². The molecule has 1 aromatic heterocycles. The molecular formula is C9H11ClN2O3. The summed E-state index contributed by atoms with van der Waals surface area (Å²) in [5.74, 6) is 0.630. The molecule has 0 atom stereocenters. The molecule has 0 aromatic carbocycles. The number of nitrogens with one attached hydrogen (secondary N) is 1. The highest BCUT2D eigenvalue weighted by Crippen LogP contribution is 2.14. The molecule has 0 radical (unpaired) electrons. The molecule has 1 amide bonds. The van der Waals surface area contributed by atoms with Gasteiger partial charge < -0.3 is 15.2 Å². The van der Waals surface area contributed by atoms with Crippen LogP contribution in [0, 0.1) is 0 Å². The van der Waals surface area contributed by atoms with E-state index >= 15 is 0 Å². The van der Waals surface area contributed by atoms with Crippen molar-refractivity contribution in [3.8, 4) is 5.75 Å². The monoisotopic (exact) mass is 230 g/mol. The highest BCUT2D eigenvalue weighted by atomic mass is 35.5. The zero-order valence-corrected chi connectivity index (χ0v) is 8.70. The molecule has 82 valence electrons. The van der Waals surface area contributed by atoms with E-state index in [1.807, 2.05) is 0 Å². The van der Waals surface area contributed by atoms with Gasteiger partial charge in [0.15, 0.2) is 0 Å². The Morgan fingerprint density at radius 2 is 2.47 bits per heavy atom. The fourth-order valence-electron chi connectivity index (χ4n) is 0.932.